The molecule has 0 aliphatic carbocycles. The number of halogens is 1. The molecule has 0 bridgehead atoms. The summed E-state index contributed by atoms with van der Waals surface area (Å²) in [4.78, 5) is 10.7. The average molecular weight is 410 g/mol. The van der Waals surface area contributed by atoms with E-state index in [2.05, 4.69) is 57.8 Å². The van der Waals surface area contributed by atoms with Crippen molar-refractivity contribution in [1.82, 2.24) is 0 Å². The molecule has 1 N–H and O–H groups in total. The molecular formula is C12H11IO2S3. The average Bonchev–Trinajstić information content (AvgIpc) is 2.69. The van der Waals surface area contributed by atoms with Gasteiger partial charge in [0.1, 0.15) is 0 Å². The Bertz CT molecular complexity index is 535. The second-order valence-corrected chi connectivity index (χ2v) is 12.5. The summed E-state index contributed by atoms with van der Waals surface area (Å²) < 4.78 is 1.12. The van der Waals surface area contributed by atoms with E-state index in [9.17, 15) is 4.79 Å². The van der Waals surface area contributed by atoms with Gasteiger partial charge in [0.05, 0.1) is 9.99 Å². The summed E-state index contributed by atoms with van der Waals surface area (Å²) in [5.41, 5.74) is 3.59. The zero-order chi connectivity index (χ0) is 13.1. The molecular weight excluding hydrogens is 399 g/mol. The summed E-state index contributed by atoms with van der Waals surface area (Å²) in [7, 11) is 1.75. The highest BCUT2D eigenvalue weighted by Crippen LogP contribution is 2.55. The molecule has 0 saturated carbocycles. The van der Waals surface area contributed by atoms with Crippen LogP contribution in [0, 0.1) is 6.92 Å². The lowest BCUT2D eigenvalue weighted by Gasteiger charge is -2.05. The highest BCUT2D eigenvalue weighted by Gasteiger charge is 2.18. The molecule has 0 aromatic heterocycles. The first-order chi connectivity index (χ1) is 8.56. The predicted octanol–water partition coefficient (Wildman–Crippen LogP) is 4.56. The minimum Gasteiger partial charge on any atom is -0.481 e. The second kappa shape index (κ2) is 6.49. The van der Waals surface area contributed by atoms with E-state index in [0.717, 1.165) is 4.24 Å². The number of carbonyl (C=O) groups is 1. The Morgan fingerprint density at radius 2 is 2.11 bits per heavy atom. The standard InChI is InChI=1S/C12H11IO2S3/c1-8-2-4-9(5-3-8)10-7-18(13)17-12(10)16-6-11(14)15/h2-5,7H,6H2,1H3,(H,14,15). The van der Waals surface area contributed by atoms with Crippen molar-refractivity contribution < 1.29 is 9.90 Å². The molecule has 0 radical (unpaired) electrons. The van der Waals surface area contributed by atoms with Crippen LogP contribution in [0.1, 0.15) is 11.1 Å². The number of carboxylic acid groups (broad SMARTS) is 1. The molecule has 1 atom stereocenters. The van der Waals surface area contributed by atoms with E-state index in [1.165, 1.54) is 28.5 Å². The molecule has 0 amide bonds. The van der Waals surface area contributed by atoms with Gasteiger partial charge in [-0.25, -0.2) is 0 Å². The van der Waals surface area contributed by atoms with E-state index in [4.69, 9.17) is 5.11 Å². The number of benzene rings is 1. The van der Waals surface area contributed by atoms with Crippen LogP contribution >= 0.6 is 50.4 Å². The molecule has 2 rings (SSSR count). The summed E-state index contributed by atoms with van der Waals surface area (Å²) in [6.07, 6.45) is 0. The fraction of sp³-hybridized carbons (Fsp3) is 0.167. The highest BCUT2D eigenvalue weighted by molar-refractivity contribution is 14.2. The van der Waals surface area contributed by atoms with Crippen LogP contribution in [0.2, 0.25) is 0 Å². The van der Waals surface area contributed by atoms with Gasteiger partial charge in [0.25, 0.3) is 0 Å². The lowest BCUT2D eigenvalue weighted by Crippen LogP contribution is -1.97. The van der Waals surface area contributed by atoms with E-state index < -0.39 is 5.97 Å². The summed E-state index contributed by atoms with van der Waals surface area (Å²) in [6, 6.07) is 8.37. The van der Waals surface area contributed by atoms with Gasteiger partial charge in [-0.3, -0.25) is 4.79 Å². The molecule has 96 valence electrons. The molecule has 1 unspecified atom stereocenters. The molecule has 18 heavy (non-hydrogen) atoms. The van der Waals surface area contributed by atoms with Crippen molar-refractivity contribution in [2.45, 2.75) is 6.92 Å². The molecule has 0 fully saturated rings. The third-order valence-corrected chi connectivity index (χ3v) is 8.67. The minimum absolute atomic E-state index is 0.120. The maximum atomic E-state index is 10.7. The lowest BCUT2D eigenvalue weighted by molar-refractivity contribution is -0.133. The Kier molecular flexibility index (Phi) is 5.23. The second-order valence-electron chi connectivity index (χ2n) is 3.70. The first kappa shape index (κ1) is 14.5. The van der Waals surface area contributed by atoms with Crippen LogP contribution < -0.4 is 0 Å². The quantitative estimate of drug-likeness (QED) is 0.449. The van der Waals surface area contributed by atoms with Crippen LogP contribution in [0.25, 0.3) is 5.57 Å². The van der Waals surface area contributed by atoms with E-state index in [-0.39, 0.29) is 12.4 Å². The Balaban J connectivity index is 2.27. The van der Waals surface area contributed by atoms with Gasteiger partial charge in [0.2, 0.25) is 0 Å². The molecule has 1 aliphatic heterocycles. The maximum Gasteiger partial charge on any atom is 0.313 e. The molecule has 0 saturated heterocycles. The molecule has 1 aromatic carbocycles. The molecule has 1 aliphatic rings. The van der Waals surface area contributed by atoms with Crippen molar-refractivity contribution in [3.63, 3.8) is 0 Å². The van der Waals surface area contributed by atoms with Crippen molar-refractivity contribution >= 4 is 67.4 Å². The summed E-state index contributed by atoms with van der Waals surface area (Å²) >= 11 is 3.80. The van der Waals surface area contributed by atoms with E-state index >= 15 is 0 Å². The number of rotatable bonds is 4. The Morgan fingerprint density at radius 3 is 2.72 bits per heavy atom. The van der Waals surface area contributed by atoms with Crippen LogP contribution in [0.3, 0.4) is 0 Å². The topological polar surface area (TPSA) is 37.3 Å². The van der Waals surface area contributed by atoms with Gasteiger partial charge >= 0.3 is 5.97 Å². The van der Waals surface area contributed by atoms with E-state index in [1.54, 1.807) is 10.8 Å². The summed E-state index contributed by atoms with van der Waals surface area (Å²) in [5, 5.41) is 11.0. The van der Waals surface area contributed by atoms with Gasteiger partial charge in [-0.15, -0.1) is 11.8 Å². The Hall–Kier alpha value is 0.0800. The number of carboxylic acids is 1. The monoisotopic (exact) mass is 410 g/mol. The van der Waals surface area contributed by atoms with Gasteiger partial charge < -0.3 is 5.11 Å². The molecule has 1 heterocycles. The zero-order valence-corrected chi connectivity index (χ0v) is 14.2. The van der Waals surface area contributed by atoms with Crippen LogP contribution in [0.5, 0.6) is 0 Å². The van der Waals surface area contributed by atoms with Crippen molar-refractivity contribution in [3.8, 4) is 0 Å². The van der Waals surface area contributed by atoms with Gasteiger partial charge in [-0.2, -0.15) is 0 Å². The van der Waals surface area contributed by atoms with Crippen LogP contribution in [0.15, 0.2) is 28.5 Å². The molecule has 6 heteroatoms. The predicted molar refractivity (Wildman–Crippen MR) is 93.5 cm³/mol. The first-order valence-corrected chi connectivity index (χ1v) is 11.3. The Morgan fingerprint density at radius 1 is 1.44 bits per heavy atom. The third-order valence-electron chi connectivity index (χ3n) is 2.28. The SMILES string of the molecule is Cc1ccc(C2=C(SCC(=O)O)SS(I)=C2)cc1. The fourth-order valence-electron chi connectivity index (χ4n) is 1.43. The van der Waals surface area contributed by atoms with Gasteiger partial charge in [-0.05, 0) is 28.6 Å². The van der Waals surface area contributed by atoms with E-state index in [1.807, 2.05) is 0 Å². The van der Waals surface area contributed by atoms with Crippen LogP contribution in [-0.4, -0.2) is 22.2 Å². The van der Waals surface area contributed by atoms with Gasteiger partial charge in [0, 0.05) is 26.8 Å². The fourth-order valence-corrected chi connectivity index (χ4v) is 9.14. The molecule has 2 nitrogen and oxygen atoms in total. The largest absolute Gasteiger partial charge is 0.481 e. The van der Waals surface area contributed by atoms with Gasteiger partial charge in [-0.1, -0.05) is 36.5 Å². The van der Waals surface area contributed by atoms with Crippen molar-refractivity contribution in [2.24, 2.45) is 0 Å². The smallest absolute Gasteiger partial charge is 0.313 e. The molecule has 1 aromatic rings. The van der Waals surface area contributed by atoms with E-state index in [0.29, 0.717) is 0 Å². The molecule has 0 spiro atoms. The van der Waals surface area contributed by atoms with Crippen molar-refractivity contribution in [3.05, 3.63) is 39.6 Å². The van der Waals surface area contributed by atoms with Crippen LogP contribution in [-0.2, 0) is 4.79 Å². The number of hydrogen-bond donors (Lipinski definition) is 1. The number of aliphatic carboxylic acids is 1. The normalized spacial score (nSPS) is 18.9. The highest BCUT2D eigenvalue weighted by atomic mass is 127. The van der Waals surface area contributed by atoms with Crippen molar-refractivity contribution in [1.29, 1.82) is 0 Å². The lowest BCUT2D eigenvalue weighted by atomic mass is 10.1. The summed E-state index contributed by atoms with van der Waals surface area (Å²) in [5.74, 6) is -0.643. The Labute approximate surface area is 129 Å². The number of aryl methyl sites for hydroxylation is 1. The number of thioether (sulfide) groups is 1. The summed E-state index contributed by atoms with van der Waals surface area (Å²) in [6.45, 7) is 2.18. The number of hydrogen-bond acceptors (Lipinski definition) is 3. The van der Waals surface area contributed by atoms with Gasteiger partial charge in [0.15, 0.2) is 0 Å². The van der Waals surface area contributed by atoms with Crippen LogP contribution in [0.4, 0.5) is 0 Å². The third kappa shape index (κ3) is 3.79. The zero-order valence-electron chi connectivity index (χ0n) is 9.55. The minimum atomic E-state index is -0.767. The maximum absolute atomic E-state index is 10.7. The first-order valence-electron chi connectivity index (χ1n) is 5.14. The van der Waals surface area contributed by atoms with Crippen molar-refractivity contribution in [2.75, 3.05) is 5.75 Å². The number of allylic oxidation sites excluding steroid dienone is 1.